The minimum absolute atomic E-state index is 0.209. The molecule has 12 heteroatoms. The lowest BCUT2D eigenvalue weighted by Gasteiger charge is -2.14. The molecule has 3 atom stereocenters. The fraction of sp³-hybridized carbons (Fsp3) is 0.286. The van der Waals surface area contributed by atoms with Crippen molar-refractivity contribution in [1.29, 1.82) is 0 Å². The quantitative estimate of drug-likeness (QED) is 0.0811. The highest BCUT2D eigenvalue weighted by Crippen LogP contribution is 2.08. The molecule has 0 aliphatic carbocycles. The maximum atomic E-state index is 11.5. The van der Waals surface area contributed by atoms with E-state index in [1.54, 1.807) is 12.2 Å². The molecule has 0 fully saturated rings. The van der Waals surface area contributed by atoms with Gasteiger partial charge in [-0.3, -0.25) is 14.4 Å². The van der Waals surface area contributed by atoms with Gasteiger partial charge in [0.2, 0.25) is 17.7 Å². The molecule has 0 bridgehead atoms. The summed E-state index contributed by atoms with van der Waals surface area (Å²) in [4.78, 5) is 67.4. The zero-order valence-corrected chi connectivity index (χ0v) is 31.7. The van der Waals surface area contributed by atoms with E-state index in [2.05, 4.69) is 66.6 Å². The van der Waals surface area contributed by atoms with Gasteiger partial charge in [-0.2, -0.15) is 0 Å². The van der Waals surface area contributed by atoms with Crippen LogP contribution in [-0.4, -0.2) is 75.1 Å². The molecule has 3 rings (SSSR count). The number of nitrogens with one attached hydrogen (secondary N) is 3. The van der Waals surface area contributed by atoms with Crippen LogP contribution in [0.15, 0.2) is 109 Å². The van der Waals surface area contributed by atoms with Gasteiger partial charge in [-0.15, -0.1) is 0 Å². The lowest BCUT2D eigenvalue weighted by atomic mass is 10.1. The molecule has 3 N–H and O–H groups in total. The average molecular weight is 742 g/mol. The number of amides is 3. The predicted molar refractivity (Wildman–Crippen MR) is 209 cm³/mol. The Bertz CT molecular complexity index is 1590. The van der Waals surface area contributed by atoms with Gasteiger partial charge in [-0.1, -0.05) is 127 Å². The van der Waals surface area contributed by atoms with Gasteiger partial charge in [-0.05, 0) is 36.0 Å². The minimum Gasteiger partial charge on any atom is -0.467 e. The van der Waals surface area contributed by atoms with Crippen LogP contribution in [-0.2, 0) is 43.0 Å². The molecular formula is C42H51N3O9. The molecule has 0 aliphatic rings. The van der Waals surface area contributed by atoms with Crippen LogP contribution >= 0.6 is 0 Å². The Morgan fingerprint density at radius 2 is 0.704 bits per heavy atom. The van der Waals surface area contributed by atoms with Crippen LogP contribution in [0, 0.1) is 0 Å². The monoisotopic (exact) mass is 741 g/mol. The second kappa shape index (κ2) is 27.4. The van der Waals surface area contributed by atoms with Crippen molar-refractivity contribution in [1.82, 2.24) is 16.0 Å². The molecule has 288 valence electrons. The molecule has 54 heavy (non-hydrogen) atoms. The van der Waals surface area contributed by atoms with Crippen molar-refractivity contribution in [3.8, 4) is 0 Å². The molecule has 0 unspecified atom stereocenters. The van der Waals surface area contributed by atoms with E-state index in [9.17, 15) is 28.8 Å². The third kappa shape index (κ3) is 21.2. The summed E-state index contributed by atoms with van der Waals surface area (Å²) in [5.41, 5.74) is 3.51. The van der Waals surface area contributed by atoms with Gasteiger partial charge in [-0.25, -0.2) is 14.4 Å². The second-order valence-corrected chi connectivity index (χ2v) is 11.5. The van der Waals surface area contributed by atoms with Gasteiger partial charge in [0.15, 0.2) is 0 Å². The number of methoxy groups -OCH3 is 3. The highest BCUT2D eigenvalue weighted by molar-refractivity contribution is 5.84. The number of hydrogen-bond donors (Lipinski definition) is 3. The fourth-order valence-electron chi connectivity index (χ4n) is 4.49. The van der Waals surface area contributed by atoms with E-state index in [1.165, 1.54) is 53.2 Å². The lowest BCUT2D eigenvalue weighted by Crippen LogP contribution is -2.40. The number of carbonyl (C=O) groups excluding carboxylic acids is 6. The Hall–Kier alpha value is -6.30. The molecule has 0 saturated heterocycles. The SMILES string of the molecule is C(=C\c1ccccc1)/c1ccccc1.COC(=O)[C@H](C/C=C/c1ccccc1)NC(C)=O.COC(=O)[C@H](CC=CC[C@H](NC(C)=O)C(=O)OC)NC(C)=O. The maximum absolute atomic E-state index is 11.5. The third-order valence-electron chi connectivity index (χ3n) is 7.05. The lowest BCUT2D eigenvalue weighted by molar-refractivity contribution is -0.145. The molecule has 0 saturated carbocycles. The van der Waals surface area contributed by atoms with Crippen molar-refractivity contribution in [3.05, 3.63) is 126 Å². The number of carbonyl (C=O) groups is 6. The van der Waals surface area contributed by atoms with Gasteiger partial charge in [0.25, 0.3) is 0 Å². The Labute approximate surface area is 317 Å². The number of ether oxygens (including phenoxy) is 3. The van der Waals surface area contributed by atoms with Gasteiger partial charge in [0.05, 0.1) is 21.3 Å². The summed E-state index contributed by atoms with van der Waals surface area (Å²) < 4.78 is 13.8. The van der Waals surface area contributed by atoms with Crippen molar-refractivity contribution < 1.29 is 43.0 Å². The Morgan fingerprint density at radius 1 is 0.444 bits per heavy atom. The average Bonchev–Trinajstić information content (AvgIpc) is 3.17. The smallest absolute Gasteiger partial charge is 0.328 e. The van der Waals surface area contributed by atoms with Crippen molar-refractivity contribution >= 4 is 53.9 Å². The van der Waals surface area contributed by atoms with E-state index in [-0.39, 0.29) is 30.6 Å². The van der Waals surface area contributed by atoms with Crippen LogP contribution in [0.5, 0.6) is 0 Å². The Kier molecular flexibility index (Phi) is 23.2. The third-order valence-corrected chi connectivity index (χ3v) is 7.05. The molecule has 3 amide bonds. The van der Waals surface area contributed by atoms with Gasteiger partial charge < -0.3 is 30.2 Å². The summed E-state index contributed by atoms with van der Waals surface area (Å²) in [6, 6.07) is 28.1. The first-order valence-corrected chi connectivity index (χ1v) is 17.1. The fourth-order valence-corrected chi connectivity index (χ4v) is 4.49. The molecule has 0 spiro atoms. The highest BCUT2D eigenvalue weighted by Gasteiger charge is 2.20. The van der Waals surface area contributed by atoms with Crippen LogP contribution in [0.3, 0.4) is 0 Å². The van der Waals surface area contributed by atoms with Crippen molar-refractivity contribution in [2.75, 3.05) is 21.3 Å². The van der Waals surface area contributed by atoms with Crippen LogP contribution in [0.4, 0.5) is 0 Å². The van der Waals surface area contributed by atoms with Crippen LogP contribution < -0.4 is 16.0 Å². The topological polar surface area (TPSA) is 166 Å². The highest BCUT2D eigenvalue weighted by atomic mass is 16.5. The molecule has 0 aliphatic heterocycles. The maximum Gasteiger partial charge on any atom is 0.328 e. The molecule has 12 nitrogen and oxygen atoms in total. The summed E-state index contributed by atoms with van der Waals surface area (Å²) in [6.45, 7) is 3.96. The molecule has 0 heterocycles. The van der Waals surface area contributed by atoms with Gasteiger partial charge >= 0.3 is 17.9 Å². The normalized spacial score (nSPS) is 12.1. The number of rotatable bonds is 15. The number of benzene rings is 3. The molecule has 0 radical (unpaired) electrons. The minimum atomic E-state index is -0.795. The summed E-state index contributed by atoms with van der Waals surface area (Å²) >= 11 is 0. The Balaban J connectivity index is 0.000000413. The standard InChI is InChI=1S/C14H22N2O6.C14H17NO3.C14H12/c1-9(17)15-11(13(19)21-3)7-5-6-8-12(14(20)22-4)16-10(2)18;1-11(16)15-13(14(17)18-2)10-6-9-12-7-4-3-5-8-12;1-3-7-13(8-4-1)11-12-14-9-5-2-6-10-14/h5-6,11-12H,7-8H2,1-4H3,(H,15,17)(H,16,18);3-9,13H,10H2,1-2H3,(H,15,16);1-12H/b;9-6+;12-11+/t11-,12-;13-;/m00./s1. The van der Waals surface area contributed by atoms with E-state index in [4.69, 9.17) is 0 Å². The van der Waals surface area contributed by atoms with Crippen molar-refractivity contribution in [3.63, 3.8) is 0 Å². The van der Waals surface area contributed by atoms with Crippen molar-refractivity contribution in [2.45, 2.75) is 58.2 Å². The summed E-state index contributed by atoms with van der Waals surface area (Å²) in [7, 11) is 3.76. The first kappa shape index (κ1) is 45.7. The van der Waals surface area contributed by atoms with Gasteiger partial charge in [0, 0.05) is 20.8 Å². The number of hydrogen-bond acceptors (Lipinski definition) is 9. The summed E-state index contributed by atoms with van der Waals surface area (Å²) in [5, 5.41) is 7.47. The summed E-state index contributed by atoms with van der Waals surface area (Å²) in [5.74, 6) is -2.53. The zero-order valence-electron chi connectivity index (χ0n) is 31.7. The van der Waals surface area contributed by atoms with E-state index in [0.717, 1.165) is 5.56 Å². The van der Waals surface area contributed by atoms with Crippen LogP contribution in [0.2, 0.25) is 0 Å². The second-order valence-electron chi connectivity index (χ2n) is 11.5. The number of esters is 3. The first-order valence-electron chi connectivity index (χ1n) is 17.1. The van der Waals surface area contributed by atoms with Crippen molar-refractivity contribution in [2.24, 2.45) is 0 Å². The zero-order chi connectivity index (χ0) is 40.1. The predicted octanol–water partition coefficient (Wildman–Crippen LogP) is 5.30. The summed E-state index contributed by atoms with van der Waals surface area (Å²) in [6.07, 6.45) is 12.0. The Morgan fingerprint density at radius 3 is 0.963 bits per heavy atom. The van der Waals surface area contributed by atoms with Crippen LogP contribution in [0.1, 0.15) is 56.7 Å². The van der Waals surface area contributed by atoms with E-state index >= 15 is 0 Å². The molecule has 3 aromatic rings. The largest absolute Gasteiger partial charge is 0.467 e. The van der Waals surface area contributed by atoms with E-state index in [1.807, 2.05) is 78.9 Å². The molecular weight excluding hydrogens is 690 g/mol. The molecule has 3 aromatic carbocycles. The van der Waals surface area contributed by atoms with E-state index in [0.29, 0.717) is 6.42 Å². The first-order chi connectivity index (χ1) is 25.9. The van der Waals surface area contributed by atoms with Crippen LogP contribution in [0.25, 0.3) is 18.2 Å². The van der Waals surface area contributed by atoms with Gasteiger partial charge in [0.1, 0.15) is 18.1 Å². The van der Waals surface area contributed by atoms with E-state index < -0.39 is 36.0 Å². The molecule has 0 aromatic heterocycles.